The summed E-state index contributed by atoms with van der Waals surface area (Å²) in [6.45, 7) is 25.8. The third-order valence-corrected chi connectivity index (χ3v) is 8.20. The predicted octanol–water partition coefficient (Wildman–Crippen LogP) is 6.58. The summed E-state index contributed by atoms with van der Waals surface area (Å²) in [5, 5.41) is 1.58. The third kappa shape index (κ3) is 4.17. The van der Waals surface area contributed by atoms with Gasteiger partial charge >= 0.3 is 0 Å². The molecule has 0 aromatic heterocycles. The van der Waals surface area contributed by atoms with Gasteiger partial charge in [-0.2, -0.15) is 0 Å². The second kappa shape index (κ2) is 7.52. The smallest absolute Gasteiger partial charge is 0.126 e. The van der Waals surface area contributed by atoms with E-state index in [0.717, 1.165) is 12.2 Å². The Morgan fingerprint density at radius 2 is 1.50 bits per heavy atom. The van der Waals surface area contributed by atoms with Crippen molar-refractivity contribution >= 4 is 14.0 Å². The van der Waals surface area contributed by atoms with Gasteiger partial charge in [-0.1, -0.05) is 103 Å². The summed E-state index contributed by atoms with van der Waals surface area (Å²) in [7, 11) is 0.808. The molecule has 0 spiro atoms. The van der Waals surface area contributed by atoms with E-state index >= 15 is 0 Å². The van der Waals surface area contributed by atoms with Gasteiger partial charge in [0.1, 0.15) is 5.75 Å². The van der Waals surface area contributed by atoms with Crippen LogP contribution in [0.2, 0.25) is 13.1 Å². The molecule has 2 rings (SSSR count). The number of allylic oxidation sites excluding steroid dienone is 4. The molecule has 1 aromatic rings. The van der Waals surface area contributed by atoms with Crippen molar-refractivity contribution in [2.45, 2.75) is 92.7 Å². The fourth-order valence-electron chi connectivity index (χ4n) is 4.58. The third-order valence-electron chi connectivity index (χ3n) is 6.30. The van der Waals surface area contributed by atoms with Crippen molar-refractivity contribution in [1.29, 1.82) is 0 Å². The molecule has 0 saturated heterocycles. The second-order valence-corrected chi connectivity index (χ2v) is 14.3. The zero-order valence-electron chi connectivity index (χ0n) is 20.4. The molecule has 156 valence electrons. The van der Waals surface area contributed by atoms with E-state index in [4.69, 9.17) is 4.74 Å². The molecule has 28 heavy (non-hydrogen) atoms. The fourth-order valence-corrected chi connectivity index (χ4v) is 6.64. The van der Waals surface area contributed by atoms with Crippen LogP contribution in [0.4, 0.5) is 0 Å². The standard InChI is InChI=1S/C26H42OSi/c1-17-15-20(25(5,6)7)22(27-10)21(23(17)28(11)12)26(8,9)19-14-13-18(16-19)24(2,3)4/h14-16,28H,13H2,1-12H3. The molecule has 0 fully saturated rings. The molecule has 1 nitrogen and oxygen atoms in total. The van der Waals surface area contributed by atoms with Crippen molar-refractivity contribution in [3.8, 4) is 5.75 Å². The van der Waals surface area contributed by atoms with Crippen molar-refractivity contribution in [3.05, 3.63) is 46.1 Å². The number of ether oxygens (including phenoxy) is 1. The highest BCUT2D eigenvalue weighted by Crippen LogP contribution is 2.46. The van der Waals surface area contributed by atoms with Crippen LogP contribution in [0, 0.1) is 12.3 Å². The molecule has 0 amide bonds. The first-order chi connectivity index (χ1) is 12.6. The Labute approximate surface area is 175 Å². The molecule has 2 heteroatoms. The zero-order valence-corrected chi connectivity index (χ0v) is 21.6. The van der Waals surface area contributed by atoms with Gasteiger partial charge in [0.2, 0.25) is 0 Å². The lowest BCUT2D eigenvalue weighted by Gasteiger charge is -2.36. The van der Waals surface area contributed by atoms with E-state index in [1.165, 1.54) is 27.8 Å². The van der Waals surface area contributed by atoms with Crippen LogP contribution in [-0.2, 0) is 10.8 Å². The molecule has 1 aliphatic carbocycles. The SMILES string of the molecule is COc1c(C(C)(C)C)cc(C)c([SiH](C)C)c1C(C)(C)C1=CCC(C(C)(C)C)=C1. The molecule has 0 saturated carbocycles. The number of methoxy groups -OCH3 is 1. The average Bonchev–Trinajstić information content (AvgIpc) is 3.03. The lowest BCUT2D eigenvalue weighted by Crippen LogP contribution is -2.38. The van der Waals surface area contributed by atoms with Crippen LogP contribution in [0.5, 0.6) is 5.75 Å². The van der Waals surface area contributed by atoms with Crippen LogP contribution < -0.4 is 9.92 Å². The van der Waals surface area contributed by atoms with Gasteiger partial charge in [0, 0.05) is 16.5 Å². The van der Waals surface area contributed by atoms with Gasteiger partial charge in [0.05, 0.1) is 15.9 Å². The summed E-state index contributed by atoms with van der Waals surface area (Å²) in [5.74, 6) is 1.11. The molecule has 0 radical (unpaired) electrons. The molecule has 0 heterocycles. The van der Waals surface area contributed by atoms with E-state index in [-0.39, 0.29) is 16.2 Å². The minimum absolute atomic E-state index is 0.0501. The summed E-state index contributed by atoms with van der Waals surface area (Å²) >= 11 is 0. The number of hydrogen-bond donors (Lipinski definition) is 0. The van der Waals surface area contributed by atoms with Gasteiger partial charge in [0.25, 0.3) is 0 Å². The Morgan fingerprint density at radius 1 is 0.929 bits per heavy atom. The van der Waals surface area contributed by atoms with Gasteiger partial charge in [-0.15, -0.1) is 0 Å². The van der Waals surface area contributed by atoms with Crippen LogP contribution in [0.3, 0.4) is 0 Å². The van der Waals surface area contributed by atoms with Crippen LogP contribution in [0.25, 0.3) is 0 Å². The molecular formula is C26H42OSi. The van der Waals surface area contributed by atoms with E-state index in [9.17, 15) is 0 Å². The van der Waals surface area contributed by atoms with Crippen LogP contribution in [0.1, 0.15) is 78.5 Å². The van der Waals surface area contributed by atoms with E-state index in [2.05, 4.69) is 93.6 Å². The summed E-state index contributed by atoms with van der Waals surface area (Å²) < 4.78 is 6.16. The first kappa shape index (κ1) is 23.0. The van der Waals surface area contributed by atoms with Crippen LogP contribution in [-0.4, -0.2) is 15.9 Å². The normalized spacial score (nSPS) is 15.8. The second-order valence-electron chi connectivity index (χ2n) is 11.4. The number of rotatable bonds is 4. The lowest BCUT2D eigenvalue weighted by molar-refractivity contribution is 0.385. The topological polar surface area (TPSA) is 9.23 Å². The molecule has 0 bridgehead atoms. The minimum atomic E-state index is -1.04. The Balaban J connectivity index is 2.82. The molecule has 0 atom stereocenters. The molecule has 0 unspecified atom stereocenters. The highest BCUT2D eigenvalue weighted by atomic mass is 28.3. The van der Waals surface area contributed by atoms with Crippen LogP contribution >= 0.6 is 0 Å². The van der Waals surface area contributed by atoms with E-state index < -0.39 is 8.80 Å². The Morgan fingerprint density at radius 3 is 1.89 bits per heavy atom. The molecule has 0 N–H and O–H groups in total. The minimum Gasteiger partial charge on any atom is -0.496 e. The largest absolute Gasteiger partial charge is 0.496 e. The Kier molecular flexibility index (Phi) is 6.17. The Bertz CT molecular complexity index is 808. The maximum atomic E-state index is 6.16. The van der Waals surface area contributed by atoms with Gasteiger partial charge < -0.3 is 4.74 Å². The first-order valence-corrected chi connectivity index (χ1v) is 13.6. The highest BCUT2D eigenvalue weighted by Gasteiger charge is 2.37. The number of hydrogen-bond acceptors (Lipinski definition) is 1. The van der Waals surface area contributed by atoms with Crippen molar-refractivity contribution in [2.75, 3.05) is 7.11 Å². The zero-order chi connectivity index (χ0) is 21.7. The molecule has 1 aromatic carbocycles. The highest BCUT2D eigenvalue weighted by molar-refractivity contribution is 6.71. The molecule has 0 aliphatic heterocycles. The maximum Gasteiger partial charge on any atom is 0.126 e. The molecular weight excluding hydrogens is 356 g/mol. The van der Waals surface area contributed by atoms with Gasteiger partial charge in [-0.05, 0) is 29.7 Å². The summed E-state index contributed by atoms with van der Waals surface area (Å²) in [4.78, 5) is 0. The quantitative estimate of drug-likeness (QED) is 0.521. The van der Waals surface area contributed by atoms with Crippen molar-refractivity contribution in [3.63, 3.8) is 0 Å². The monoisotopic (exact) mass is 398 g/mol. The van der Waals surface area contributed by atoms with Crippen molar-refractivity contribution in [1.82, 2.24) is 0 Å². The van der Waals surface area contributed by atoms with Crippen molar-refractivity contribution in [2.24, 2.45) is 5.41 Å². The van der Waals surface area contributed by atoms with E-state index in [1.54, 1.807) is 5.19 Å². The summed E-state index contributed by atoms with van der Waals surface area (Å²) in [5.41, 5.74) is 7.36. The number of benzene rings is 1. The Hall–Kier alpha value is -1.28. The fraction of sp³-hybridized carbons (Fsp3) is 0.615. The van der Waals surface area contributed by atoms with E-state index in [1.807, 2.05) is 7.11 Å². The van der Waals surface area contributed by atoms with Gasteiger partial charge in [-0.3, -0.25) is 0 Å². The van der Waals surface area contributed by atoms with Gasteiger partial charge in [-0.25, -0.2) is 0 Å². The van der Waals surface area contributed by atoms with Crippen LogP contribution in [0.15, 0.2) is 29.4 Å². The van der Waals surface area contributed by atoms with Gasteiger partial charge in [0.15, 0.2) is 0 Å². The first-order valence-electron chi connectivity index (χ1n) is 10.8. The summed E-state index contributed by atoms with van der Waals surface area (Å²) in [6.07, 6.45) is 5.98. The molecule has 1 aliphatic rings. The van der Waals surface area contributed by atoms with E-state index in [0.29, 0.717) is 0 Å². The maximum absolute atomic E-state index is 6.16. The summed E-state index contributed by atoms with van der Waals surface area (Å²) in [6, 6.07) is 2.39. The predicted molar refractivity (Wildman–Crippen MR) is 128 cm³/mol. The number of aryl methyl sites for hydroxylation is 1. The lowest BCUT2D eigenvalue weighted by atomic mass is 9.73. The average molecular weight is 399 g/mol. The van der Waals surface area contributed by atoms with Crippen molar-refractivity contribution < 1.29 is 4.74 Å².